The van der Waals surface area contributed by atoms with Gasteiger partial charge in [0.1, 0.15) is 5.75 Å². The van der Waals surface area contributed by atoms with Gasteiger partial charge in [-0.25, -0.2) is 0 Å². The maximum atomic E-state index is 11.9. The van der Waals surface area contributed by atoms with Crippen LogP contribution >= 0.6 is 0 Å². The number of ether oxygens (including phenoxy) is 1. The number of non-ortho nitro benzene ring substituents is 1. The molecular formula is C16H21N3O4. The Morgan fingerprint density at radius 1 is 1.30 bits per heavy atom. The number of hydrogen-bond acceptors (Lipinski definition) is 5. The molecule has 0 spiro atoms. The molecule has 2 fully saturated rings. The number of hydrogen-bond donors (Lipinski definition) is 1. The summed E-state index contributed by atoms with van der Waals surface area (Å²) < 4.78 is 5.37. The summed E-state index contributed by atoms with van der Waals surface area (Å²) in [5.41, 5.74) is 0.00325. The van der Waals surface area contributed by atoms with Gasteiger partial charge in [-0.05, 0) is 37.3 Å². The van der Waals surface area contributed by atoms with Crippen LogP contribution < -0.4 is 10.1 Å². The highest BCUT2D eigenvalue weighted by atomic mass is 16.6. The van der Waals surface area contributed by atoms with Crippen LogP contribution in [0.1, 0.15) is 19.3 Å². The van der Waals surface area contributed by atoms with E-state index in [0.29, 0.717) is 5.75 Å². The number of nitrogens with zero attached hydrogens (tertiary/aromatic N) is 2. The molecule has 0 radical (unpaired) electrons. The molecule has 0 unspecified atom stereocenters. The van der Waals surface area contributed by atoms with Gasteiger partial charge in [-0.1, -0.05) is 0 Å². The van der Waals surface area contributed by atoms with Gasteiger partial charge in [0, 0.05) is 37.8 Å². The molecule has 2 aliphatic rings. The third-order valence-corrected chi connectivity index (χ3v) is 4.27. The summed E-state index contributed by atoms with van der Waals surface area (Å²) in [7, 11) is 0. The van der Waals surface area contributed by atoms with E-state index >= 15 is 0 Å². The van der Waals surface area contributed by atoms with Gasteiger partial charge in [0.15, 0.2) is 6.61 Å². The molecule has 1 aliphatic carbocycles. The third-order valence-electron chi connectivity index (χ3n) is 4.27. The summed E-state index contributed by atoms with van der Waals surface area (Å²) in [6.45, 7) is 3.05. The molecule has 7 heteroatoms. The molecule has 1 saturated carbocycles. The zero-order valence-corrected chi connectivity index (χ0v) is 12.9. The lowest BCUT2D eigenvalue weighted by Gasteiger charge is -2.16. The van der Waals surface area contributed by atoms with Crippen LogP contribution in [0.4, 0.5) is 5.69 Å². The standard InChI is InChI=1S/C16H21N3O4/c20-16(11-23-15-5-3-14(4-6-15)19(21)22)17-13-7-8-18(10-13)9-12-1-2-12/h3-6,12-13H,1-2,7-11H2,(H,17,20)/t13-/m1/s1. The topological polar surface area (TPSA) is 84.7 Å². The molecule has 1 aliphatic heterocycles. The third kappa shape index (κ3) is 4.66. The van der Waals surface area contributed by atoms with Gasteiger partial charge in [-0.15, -0.1) is 0 Å². The van der Waals surface area contributed by atoms with Crippen molar-refractivity contribution in [2.45, 2.75) is 25.3 Å². The van der Waals surface area contributed by atoms with E-state index in [1.807, 2.05) is 0 Å². The number of nitrogens with one attached hydrogen (secondary N) is 1. The largest absolute Gasteiger partial charge is 0.484 e. The maximum absolute atomic E-state index is 11.9. The number of benzene rings is 1. The zero-order chi connectivity index (χ0) is 16.2. The number of carbonyl (C=O) groups excluding carboxylic acids is 1. The van der Waals surface area contributed by atoms with E-state index in [0.717, 1.165) is 32.0 Å². The normalized spacial score (nSPS) is 21.1. The average molecular weight is 319 g/mol. The summed E-state index contributed by atoms with van der Waals surface area (Å²) in [6.07, 6.45) is 3.67. The van der Waals surface area contributed by atoms with E-state index in [2.05, 4.69) is 10.2 Å². The van der Waals surface area contributed by atoms with E-state index in [-0.39, 0.29) is 24.2 Å². The highest BCUT2D eigenvalue weighted by Crippen LogP contribution is 2.30. The van der Waals surface area contributed by atoms with Crippen LogP contribution in [0, 0.1) is 16.0 Å². The van der Waals surface area contributed by atoms with Crippen molar-refractivity contribution in [3.63, 3.8) is 0 Å². The predicted molar refractivity (Wildman–Crippen MR) is 84.3 cm³/mol. The molecule has 1 amide bonds. The first-order valence-corrected chi connectivity index (χ1v) is 7.99. The van der Waals surface area contributed by atoms with Crippen molar-refractivity contribution >= 4 is 11.6 Å². The first kappa shape index (κ1) is 15.7. The Balaban J connectivity index is 1.38. The molecule has 1 aromatic rings. The van der Waals surface area contributed by atoms with Crippen LogP contribution in [0.5, 0.6) is 5.75 Å². The fourth-order valence-corrected chi connectivity index (χ4v) is 2.86. The van der Waals surface area contributed by atoms with E-state index in [4.69, 9.17) is 4.74 Å². The number of carbonyl (C=O) groups is 1. The lowest BCUT2D eigenvalue weighted by molar-refractivity contribution is -0.384. The van der Waals surface area contributed by atoms with Gasteiger partial charge in [0.2, 0.25) is 0 Å². The Bertz CT molecular complexity index is 571. The Hall–Kier alpha value is -2.15. The molecule has 0 aromatic heterocycles. The Kier molecular flexibility index (Phi) is 4.76. The van der Waals surface area contributed by atoms with E-state index in [1.165, 1.54) is 37.1 Å². The van der Waals surface area contributed by atoms with Crippen molar-refractivity contribution < 1.29 is 14.5 Å². The second kappa shape index (κ2) is 6.95. The van der Waals surface area contributed by atoms with Gasteiger partial charge in [0.05, 0.1) is 4.92 Å². The smallest absolute Gasteiger partial charge is 0.269 e. The second-order valence-electron chi connectivity index (χ2n) is 6.30. The van der Waals surface area contributed by atoms with Crippen LogP contribution in [0.15, 0.2) is 24.3 Å². The Morgan fingerprint density at radius 3 is 2.70 bits per heavy atom. The molecule has 0 bridgehead atoms. The minimum absolute atomic E-state index is 0.00325. The molecule has 1 N–H and O–H groups in total. The van der Waals surface area contributed by atoms with Gasteiger partial charge in [0.25, 0.3) is 11.6 Å². The van der Waals surface area contributed by atoms with Crippen molar-refractivity contribution in [1.82, 2.24) is 10.2 Å². The van der Waals surface area contributed by atoms with Gasteiger partial charge < -0.3 is 15.0 Å². The quantitative estimate of drug-likeness (QED) is 0.609. The molecule has 1 saturated heterocycles. The van der Waals surface area contributed by atoms with Crippen molar-refractivity contribution in [1.29, 1.82) is 0 Å². The molecule has 3 rings (SSSR count). The maximum Gasteiger partial charge on any atom is 0.269 e. The highest BCUT2D eigenvalue weighted by molar-refractivity contribution is 5.77. The number of likely N-dealkylation sites (tertiary alicyclic amines) is 1. The number of amides is 1. The van der Waals surface area contributed by atoms with E-state index < -0.39 is 4.92 Å². The van der Waals surface area contributed by atoms with E-state index in [9.17, 15) is 14.9 Å². The van der Waals surface area contributed by atoms with Crippen molar-refractivity contribution in [3.05, 3.63) is 34.4 Å². The molecular weight excluding hydrogens is 298 g/mol. The predicted octanol–water partition coefficient (Wildman–Crippen LogP) is 1.57. The molecule has 1 aromatic carbocycles. The van der Waals surface area contributed by atoms with Crippen molar-refractivity contribution in [3.8, 4) is 5.75 Å². The molecule has 1 atom stereocenters. The summed E-state index contributed by atoms with van der Waals surface area (Å²) in [5, 5.41) is 13.6. The van der Waals surface area contributed by atoms with Gasteiger partial charge in [-0.2, -0.15) is 0 Å². The minimum Gasteiger partial charge on any atom is -0.484 e. The minimum atomic E-state index is -0.468. The van der Waals surface area contributed by atoms with Gasteiger partial charge >= 0.3 is 0 Å². The van der Waals surface area contributed by atoms with Crippen LogP contribution in [-0.4, -0.2) is 48.0 Å². The fraction of sp³-hybridized carbons (Fsp3) is 0.562. The lowest BCUT2D eigenvalue weighted by Crippen LogP contribution is -2.39. The number of nitro benzene ring substituents is 1. The Morgan fingerprint density at radius 2 is 2.04 bits per heavy atom. The average Bonchev–Trinajstić information content (AvgIpc) is 3.24. The van der Waals surface area contributed by atoms with Crippen LogP contribution in [-0.2, 0) is 4.79 Å². The zero-order valence-electron chi connectivity index (χ0n) is 12.9. The summed E-state index contributed by atoms with van der Waals surface area (Å²) in [5.74, 6) is 1.17. The molecule has 23 heavy (non-hydrogen) atoms. The van der Waals surface area contributed by atoms with Crippen LogP contribution in [0.3, 0.4) is 0 Å². The Labute approximate surface area is 134 Å². The summed E-state index contributed by atoms with van der Waals surface area (Å²) in [4.78, 5) is 24.4. The molecule has 1 heterocycles. The van der Waals surface area contributed by atoms with Crippen LogP contribution in [0.25, 0.3) is 0 Å². The fourth-order valence-electron chi connectivity index (χ4n) is 2.86. The SMILES string of the molecule is O=C(COc1ccc([N+](=O)[O-])cc1)N[C@@H]1CCN(CC2CC2)C1. The first-order chi connectivity index (χ1) is 11.1. The number of nitro groups is 1. The molecule has 7 nitrogen and oxygen atoms in total. The van der Waals surface area contributed by atoms with Gasteiger partial charge in [-0.3, -0.25) is 14.9 Å². The first-order valence-electron chi connectivity index (χ1n) is 7.99. The van der Waals surface area contributed by atoms with Crippen molar-refractivity contribution in [2.24, 2.45) is 5.92 Å². The highest BCUT2D eigenvalue weighted by Gasteiger charge is 2.29. The van der Waals surface area contributed by atoms with Crippen LogP contribution in [0.2, 0.25) is 0 Å². The lowest BCUT2D eigenvalue weighted by atomic mass is 10.2. The van der Waals surface area contributed by atoms with Crippen molar-refractivity contribution in [2.75, 3.05) is 26.2 Å². The summed E-state index contributed by atoms with van der Waals surface area (Å²) >= 11 is 0. The molecule has 124 valence electrons. The second-order valence-corrected chi connectivity index (χ2v) is 6.30. The monoisotopic (exact) mass is 319 g/mol. The van der Waals surface area contributed by atoms with E-state index in [1.54, 1.807) is 0 Å². The number of rotatable bonds is 7. The summed E-state index contributed by atoms with van der Waals surface area (Å²) in [6, 6.07) is 5.91.